The number of ketones is 2. The summed E-state index contributed by atoms with van der Waals surface area (Å²) in [5.41, 5.74) is 0. The highest BCUT2D eigenvalue weighted by Crippen LogP contribution is 1.94. The van der Waals surface area contributed by atoms with Gasteiger partial charge in [0, 0.05) is 12.8 Å². The van der Waals surface area contributed by atoms with Gasteiger partial charge in [0.15, 0.2) is 5.78 Å². The van der Waals surface area contributed by atoms with Crippen molar-refractivity contribution in [1.29, 1.82) is 0 Å². The first kappa shape index (κ1) is 10.3. The Balaban J connectivity index is 3.77. The molecule has 0 rings (SSSR count). The van der Waals surface area contributed by atoms with Crippen LogP contribution in [0.1, 0.15) is 19.8 Å². The van der Waals surface area contributed by atoms with E-state index in [1.165, 1.54) is 0 Å². The molecular formula is C7H12O4. The third-order valence-corrected chi connectivity index (χ3v) is 1.26. The summed E-state index contributed by atoms with van der Waals surface area (Å²) in [6.07, 6.45) is -1.22. The minimum atomic E-state index is -1.10. The number of Topliss-reactive ketones (excluding diaryl/α,β-unsaturated/α-hetero) is 2. The highest BCUT2D eigenvalue weighted by atomic mass is 16.3. The topological polar surface area (TPSA) is 74.6 Å². The van der Waals surface area contributed by atoms with Gasteiger partial charge in [0.1, 0.15) is 0 Å². The van der Waals surface area contributed by atoms with Crippen molar-refractivity contribution in [2.75, 3.05) is 6.61 Å². The van der Waals surface area contributed by atoms with Crippen molar-refractivity contribution in [2.24, 2.45) is 0 Å². The van der Waals surface area contributed by atoms with E-state index in [4.69, 9.17) is 10.2 Å². The van der Waals surface area contributed by atoms with E-state index >= 15 is 0 Å². The van der Waals surface area contributed by atoms with E-state index in [2.05, 4.69) is 0 Å². The quantitative estimate of drug-likeness (QED) is 0.520. The summed E-state index contributed by atoms with van der Waals surface area (Å²) >= 11 is 0. The Morgan fingerprint density at radius 3 is 2.27 bits per heavy atom. The fourth-order valence-electron chi connectivity index (χ4n) is 0.590. The summed E-state index contributed by atoms with van der Waals surface area (Å²) in [6, 6.07) is 0. The van der Waals surface area contributed by atoms with Crippen LogP contribution in [0.25, 0.3) is 0 Å². The van der Waals surface area contributed by atoms with Gasteiger partial charge in [-0.15, -0.1) is 0 Å². The summed E-state index contributed by atoms with van der Waals surface area (Å²) in [4.78, 5) is 21.3. The van der Waals surface area contributed by atoms with Crippen LogP contribution >= 0.6 is 0 Å². The molecule has 0 fully saturated rings. The molecule has 0 unspecified atom stereocenters. The van der Waals surface area contributed by atoms with Crippen molar-refractivity contribution in [3.05, 3.63) is 0 Å². The third-order valence-electron chi connectivity index (χ3n) is 1.26. The molecule has 0 heterocycles. The van der Waals surface area contributed by atoms with Crippen LogP contribution < -0.4 is 0 Å². The molecule has 1 atom stereocenters. The summed E-state index contributed by atoms with van der Waals surface area (Å²) in [6.45, 7) is 1.09. The lowest BCUT2D eigenvalue weighted by Gasteiger charge is -2.03. The van der Waals surface area contributed by atoms with Crippen molar-refractivity contribution >= 4 is 11.6 Å². The standard InChI is InChI=1S/C7H12O4/c1-2-6(10)7(11)3-5(9)4-8/h5,8-9H,2-4H2,1H3/t5-/m0/s1. The van der Waals surface area contributed by atoms with Crippen molar-refractivity contribution < 1.29 is 19.8 Å². The molecule has 0 bridgehead atoms. The number of hydrogen-bond acceptors (Lipinski definition) is 4. The first-order valence-electron chi connectivity index (χ1n) is 3.46. The molecule has 0 spiro atoms. The van der Waals surface area contributed by atoms with Gasteiger partial charge < -0.3 is 10.2 Å². The molecule has 4 nitrogen and oxygen atoms in total. The average Bonchev–Trinajstić information content (AvgIpc) is 2.02. The molecule has 0 aromatic heterocycles. The van der Waals surface area contributed by atoms with Gasteiger partial charge in [-0.25, -0.2) is 0 Å². The maximum Gasteiger partial charge on any atom is 0.201 e. The highest BCUT2D eigenvalue weighted by Gasteiger charge is 2.15. The monoisotopic (exact) mass is 160 g/mol. The second-order valence-electron chi connectivity index (χ2n) is 2.24. The van der Waals surface area contributed by atoms with Gasteiger partial charge in [-0.05, 0) is 0 Å². The molecule has 0 radical (unpaired) electrons. The molecule has 0 saturated carbocycles. The summed E-state index contributed by atoms with van der Waals surface area (Å²) < 4.78 is 0. The van der Waals surface area contributed by atoms with Crippen LogP contribution in [0.5, 0.6) is 0 Å². The minimum Gasteiger partial charge on any atom is -0.394 e. The van der Waals surface area contributed by atoms with E-state index in [0.717, 1.165) is 0 Å². The Morgan fingerprint density at radius 1 is 1.36 bits per heavy atom. The normalized spacial score (nSPS) is 12.6. The van der Waals surface area contributed by atoms with E-state index in [0.29, 0.717) is 0 Å². The van der Waals surface area contributed by atoms with Crippen LogP contribution in [0.4, 0.5) is 0 Å². The first-order chi connectivity index (χ1) is 5.11. The van der Waals surface area contributed by atoms with E-state index in [1.54, 1.807) is 6.92 Å². The molecule has 0 aromatic carbocycles. The molecule has 0 aromatic rings. The van der Waals surface area contributed by atoms with Gasteiger partial charge in [0.25, 0.3) is 0 Å². The van der Waals surface area contributed by atoms with Gasteiger partial charge in [-0.1, -0.05) is 6.92 Å². The minimum absolute atomic E-state index is 0.150. The molecule has 4 heteroatoms. The molecule has 2 N–H and O–H groups in total. The van der Waals surface area contributed by atoms with Gasteiger partial charge in [0.05, 0.1) is 12.7 Å². The van der Waals surface area contributed by atoms with Crippen LogP contribution in [0.15, 0.2) is 0 Å². The zero-order valence-electron chi connectivity index (χ0n) is 6.41. The van der Waals surface area contributed by atoms with Crippen LogP contribution in [0.2, 0.25) is 0 Å². The van der Waals surface area contributed by atoms with E-state index in [9.17, 15) is 9.59 Å². The average molecular weight is 160 g/mol. The predicted molar refractivity (Wildman–Crippen MR) is 38.0 cm³/mol. The third kappa shape index (κ3) is 3.85. The lowest BCUT2D eigenvalue weighted by atomic mass is 10.1. The maximum absolute atomic E-state index is 10.7. The predicted octanol–water partition coefficient (Wildman–Crippen LogP) is -0.722. The van der Waals surface area contributed by atoms with Crippen molar-refractivity contribution in [3.63, 3.8) is 0 Å². The van der Waals surface area contributed by atoms with E-state index < -0.39 is 24.3 Å². The second-order valence-corrected chi connectivity index (χ2v) is 2.24. The number of hydrogen-bond donors (Lipinski definition) is 2. The lowest BCUT2D eigenvalue weighted by molar-refractivity contribution is -0.137. The summed E-state index contributed by atoms with van der Waals surface area (Å²) in [7, 11) is 0. The SMILES string of the molecule is CCC(=O)C(=O)C[C@H](O)CO. The first-order valence-corrected chi connectivity index (χ1v) is 3.46. The Bertz CT molecular complexity index is 153. The van der Waals surface area contributed by atoms with Crippen molar-refractivity contribution in [1.82, 2.24) is 0 Å². The number of aliphatic hydroxyl groups excluding tert-OH is 2. The van der Waals surface area contributed by atoms with Gasteiger partial charge in [-0.2, -0.15) is 0 Å². The molecule has 0 aliphatic rings. The Hall–Kier alpha value is -0.740. The second kappa shape index (κ2) is 4.98. The van der Waals surface area contributed by atoms with Crippen LogP contribution in [-0.2, 0) is 9.59 Å². The maximum atomic E-state index is 10.7. The zero-order chi connectivity index (χ0) is 8.85. The van der Waals surface area contributed by atoms with Gasteiger partial charge in [0.2, 0.25) is 5.78 Å². The van der Waals surface area contributed by atoms with E-state index in [1.807, 2.05) is 0 Å². The fourth-order valence-corrected chi connectivity index (χ4v) is 0.590. The van der Waals surface area contributed by atoms with Gasteiger partial charge >= 0.3 is 0 Å². The van der Waals surface area contributed by atoms with Crippen LogP contribution in [0.3, 0.4) is 0 Å². The summed E-state index contributed by atoms with van der Waals surface area (Å²) in [5, 5.41) is 17.1. The molecule has 0 aliphatic heterocycles. The summed E-state index contributed by atoms with van der Waals surface area (Å²) in [5.74, 6) is -1.12. The van der Waals surface area contributed by atoms with Crippen LogP contribution in [0, 0.1) is 0 Å². The van der Waals surface area contributed by atoms with Crippen molar-refractivity contribution in [3.8, 4) is 0 Å². The molecule has 0 aliphatic carbocycles. The molecule has 64 valence electrons. The Kier molecular flexibility index (Phi) is 4.65. The molecule has 0 saturated heterocycles. The number of carbonyl (C=O) groups excluding carboxylic acids is 2. The molecule has 11 heavy (non-hydrogen) atoms. The van der Waals surface area contributed by atoms with Crippen molar-refractivity contribution in [2.45, 2.75) is 25.9 Å². The lowest BCUT2D eigenvalue weighted by Crippen LogP contribution is -2.22. The van der Waals surface area contributed by atoms with Gasteiger partial charge in [-0.3, -0.25) is 9.59 Å². The Labute approximate surface area is 64.8 Å². The largest absolute Gasteiger partial charge is 0.394 e. The zero-order valence-corrected chi connectivity index (χ0v) is 6.41. The number of carbonyl (C=O) groups is 2. The highest BCUT2D eigenvalue weighted by molar-refractivity contribution is 6.37. The van der Waals surface area contributed by atoms with E-state index in [-0.39, 0.29) is 12.8 Å². The molecule has 0 amide bonds. The number of aliphatic hydroxyl groups is 2. The smallest absolute Gasteiger partial charge is 0.201 e. The molecular weight excluding hydrogens is 148 g/mol. The van der Waals surface area contributed by atoms with Crippen LogP contribution in [-0.4, -0.2) is 34.5 Å². The fraction of sp³-hybridized carbons (Fsp3) is 0.714. The number of rotatable bonds is 5. The Morgan fingerprint density at radius 2 is 1.91 bits per heavy atom.